The van der Waals surface area contributed by atoms with Gasteiger partial charge >= 0.3 is 12.2 Å². The van der Waals surface area contributed by atoms with E-state index in [1.54, 1.807) is 6.07 Å². The van der Waals surface area contributed by atoms with Crippen LogP contribution in [0.1, 0.15) is 5.56 Å². The van der Waals surface area contributed by atoms with Crippen molar-refractivity contribution in [3.8, 4) is 17.4 Å². The van der Waals surface area contributed by atoms with E-state index in [2.05, 4.69) is 20.6 Å². The number of benzene rings is 2. The minimum atomic E-state index is -4.60. The molecule has 0 unspecified atom stereocenters. The summed E-state index contributed by atoms with van der Waals surface area (Å²) in [5.74, 6) is 0.631. The Balaban J connectivity index is 1.49. The third-order valence-corrected chi connectivity index (χ3v) is 5.07. The van der Waals surface area contributed by atoms with Crippen molar-refractivity contribution < 1.29 is 27.4 Å². The van der Waals surface area contributed by atoms with Crippen molar-refractivity contribution in [1.82, 2.24) is 14.5 Å². The SMILES string of the molecule is COc1cc(NC(=O)Nc2ccc(Oc3ncnc4ccn(C)c34)cc2Cl)cc(C(F)(F)F)c1. The highest BCUT2D eigenvalue weighted by Crippen LogP contribution is 2.35. The summed E-state index contributed by atoms with van der Waals surface area (Å²) in [6, 6.07) is 8.45. The average molecular weight is 492 g/mol. The summed E-state index contributed by atoms with van der Waals surface area (Å²) >= 11 is 6.27. The topological polar surface area (TPSA) is 90.3 Å². The smallest absolute Gasteiger partial charge is 0.416 e. The predicted molar refractivity (Wildman–Crippen MR) is 121 cm³/mol. The normalized spacial score (nSPS) is 11.4. The van der Waals surface area contributed by atoms with E-state index in [1.807, 2.05) is 23.9 Å². The number of fused-ring (bicyclic) bond motifs is 1. The summed E-state index contributed by atoms with van der Waals surface area (Å²) in [6.45, 7) is 0. The number of hydrogen-bond donors (Lipinski definition) is 2. The minimum Gasteiger partial charge on any atom is -0.497 e. The van der Waals surface area contributed by atoms with Crippen molar-refractivity contribution in [2.75, 3.05) is 17.7 Å². The van der Waals surface area contributed by atoms with Crippen LogP contribution in [-0.4, -0.2) is 27.7 Å². The van der Waals surface area contributed by atoms with Crippen LogP contribution in [0, 0.1) is 0 Å². The molecule has 2 heterocycles. The summed E-state index contributed by atoms with van der Waals surface area (Å²) in [6.07, 6.45) is -1.40. The van der Waals surface area contributed by atoms with E-state index in [0.717, 1.165) is 12.1 Å². The van der Waals surface area contributed by atoms with Gasteiger partial charge in [0.25, 0.3) is 0 Å². The van der Waals surface area contributed by atoms with Gasteiger partial charge in [-0.2, -0.15) is 18.2 Å². The molecule has 0 radical (unpaired) electrons. The monoisotopic (exact) mass is 491 g/mol. The van der Waals surface area contributed by atoms with Crippen molar-refractivity contribution in [3.63, 3.8) is 0 Å². The number of nitrogens with zero attached hydrogens (tertiary/aromatic N) is 3. The lowest BCUT2D eigenvalue weighted by Crippen LogP contribution is -2.20. The zero-order chi connectivity index (χ0) is 24.5. The summed E-state index contributed by atoms with van der Waals surface area (Å²) in [5, 5.41) is 4.98. The van der Waals surface area contributed by atoms with E-state index in [-0.39, 0.29) is 22.1 Å². The fourth-order valence-corrected chi connectivity index (χ4v) is 3.39. The molecule has 2 N–H and O–H groups in total. The van der Waals surface area contributed by atoms with Gasteiger partial charge in [0.2, 0.25) is 5.88 Å². The Hall–Kier alpha value is -3.99. The van der Waals surface area contributed by atoms with Gasteiger partial charge in [-0.25, -0.2) is 9.78 Å². The van der Waals surface area contributed by atoms with Crippen molar-refractivity contribution in [2.24, 2.45) is 7.05 Å². The molecule has 12 heteroatoms. The Bertz CT molecular complexity index is 1370. The fraction of sp³-hybridized carbons (Fsp3) is 0.136. The zero-order valence-electron chi connectivity index (χ0n) is 17.8. The van der Waals surface area contributed by atoms with Crippen molar-refractivity contribution in [1.29, 1.82) is 0 Å². The van der Waals surface area contributed by atoms with Crippen LogP contribution >= 0.6 is 11.6 Å². The summed E-state index contributed by atoms with van der Waals surface area (Å²) < 4.78 is 51.8. The molecule has 0 aliphatic heterocycles. The van der Waals surface area contributed by atoms with Crippen LogP contribution in [0.5, 0.6) is 17.4 Å². The first-order chi connectivity index (χ1) is 16.1. The first-order valence-electron chi connectivity index (χ1n) is 9.72. The Labute approximate surface area is 196 Å². The van der Waals surface area contributed by atoms with Gasteiger partial charge in [-0.3, -0.25) is 0 Å². The van der Waals surface area contributed by atoms with Crippen LogP contribution in [0.4, 0.5) is 29.3 Å². The van der Waals surface area contributed by atoms with E-state index in [4.69, 9.17) is 21.1 Å². The lowest BCUT2D eigenvalue weighted by Gasteiger charge is -2.14. The van der Waals surface area contributed by atoms with Gasteiger partial charge in [0, 0.05) is 31.1 Å². The molecule has 4 rings (SSSR count). The second-order valence-electron chi connectivity index (χ2n) is 7.11. The first kappa shape index (κ1) is 23.2. The number of amides is 2. The number of halogens is 4. The maximum atomic E-state index is 13.1. The number of urea groups is 1. The molecular formula is C22H17ClF3N5O3. The summed E-state index contributed by atoms with van der Waals surface area (Å²) in [4.78, 5) is 20.7. The van der Waals surface area contributed by atoms with Gasteiger partial charge in [-0.05, 0) is 30.3 Å². The molecule has 8 nitrogen and oxygen atoms in total. The second kappa shape index (κ2) is 9.10. The number of rotatable bonds is 5. The Morgan fingerprint density at radius 1 is 1.06 bits per heavy atom. The molecule has 0 aliphatic carbocycles. The number of anilines is 2. The fourth-order valence-electron chi connectivity index (χ4n) is 3.17. The molecule has 0 aliphatic rings. The molecule has 0 fully saturated rings. The Morgan fingerprint density at radius 2 is 1.85 bits per heavy atom. The van der Waals surface area contributed by atoms with Crippen LogP contribution in [-0.2, 0) is 13.2 Å². The Kier molecular flexibility index (Phi) is 6.20. The molecule has 0 atom stereocenters. The number of aromatic nitrogens is 3. The van der Waals surface area contributed by atoms with Crippen LogP contribution in [0.25, 0.3) is 11.0 Å². The molecule has 2 amide bonds. The molecule has 0 bridgehead atoms. The van der Waals surface area contributed by atoms with Gasteiger partial charge in [0.05, 0.1) is 28.9 Å². The number of methoxy groups -OCH3 is 1. The highest BCUT2D eigenvalue weighted by Gasteiger charge is 2.31. The van der Waals surface area contributed by atoms with E-state index >= 15 is 0 Å². The second-order valence-corrected chi connectivity index (χ2v) is 7.52. The van der Waals surface area contributed by atoms with E-state index < -0.39 is 17.8 Å². The third kappa shape index (κ3) is 4.99. The van der Waals surface area contributed by atoms with Crippen molar-refractivity contribution in [2.45, 2.75) is 6.18 Å². The van der Waals surface area contributed by atoms with Gasteiger partial charge in [-0.1, -0.05) is 11.6 Å². The van der Waals surface area contributed by atoms with E-state index in [0.29, 0.717) is 22.7 Å². The van der Waals surface area contributed by atoms with Crippen LogP contribution in [0.15, 0.2) is 55.0 Å². The lowest BCUT2D eigenvalue weighted by atomic mass is 10.2. The minimum absolute atomic E-state index is 0.0540. The zero-order valence-corrected chi connectivity index (χ0v) is 18.5. The quantitative estimate of drug-likeness (QED) is 0.353. The molecule has 0 saturated heterocycles. The summed E-state index contributed by atoms with van der Waals surface area (Å²) in [5.41, 5.74) is 0.558. The summed E-state index contributed by atoms with van der Waals surface area (Å²) in [7, 11) is 3.06. The maximum absolute atomic E-state index is 13.1. The number of aryl methyl sites for hydroxylation is 1. The molecule has 176 valence electrons. The molecule has 4 aromatic rings. The largest absolute Gasteiger partial charge is 0.497 e. The molecule has 34 heavy (non-hydrogen) atoms. The van der Waals surface area contributed by atoms with E-state index in [9.17, 15) is 18.0 Å². The molecular weight excluding hydrogens is 475 g/mol. The third-order valence-electron chi connectivity index (χ3n) is 4.76. The number of alkyl halides is 3. The molecule has 0 saturated carbocycles. The van der Waals surface area contributed by atoms with Gasteiger partial charge in [0.1, 0.15) is 23.3 Å². The molecule has 0 spiro atoms. The van der Waals surface area contributed by atoms with Crippen LogP contribution in [0.2, 0.25) is 5.02 Å². The highest BCUT2D eigenvalue weighted by molar-refractivity contribution is 6.34. The standard InChI is InChI=1S/C22H17ClF3N5O3/c1-31-6-5-18-19(31)20(28-11-27-18)34-14-3-4-17(16(23)10-14)30-21(32)29-13-7-12(22(24,25)26)8-15(9-13)33-2/h3-11H,1-2H3,(H2,29,30,32). The van der Waals surface area contributed by atoms with Gasteiger partial charge in [-0.15, -0.1) is 0 Å². The molecule has 2 aromatic carbocycles. The van der Waals surface area contributed by atoms with Crippen LogP contribution in [0.3, 0.4) is 0 Å². The number of ether oxygens (including phenoxy) is 2. The predicted octanol–water partition coefficient (Wildman–Crippen LogP) is 6.09. The van der Waals surface area contributed by atoms with Gasteiger partial charge in [0.15, 0.2) is 0 Å². The van der Waals surface area contributed by atoms with Crippen LogP contribution < -0.4 is 20.1 Å². The number of carbonyl (C=O) groups is 1. The first-order valence-corrected chi connectivity index (χ1v) is 10.1. The lowest BCUT2D eigenvalue weighted by molar-refractivity contribution is -0.137. The van der Waals surface area contributed by atoms with Gasteiger partial charge < -0.3 is 24.7 Å². The number of carbonyl (C=O) groups excluding carboxylic acids is 1. The van der Waals surface area contributed by atoms with E-state index in [1.165, 1.54) is 31.6 Å². The van der Waals surface area contributed by atoms with Crippen molar-refractivity contribution >= 4 is 40.0 Å². The van der Waals surface area contributed by atoms with Crippen molar-refractivity contribution in [3.05, 3.63) is 65.6 Å². The molecule has 2 aromatic heterocycles. The highest BCUT2D eigenvalue weighted by atomic mass is 35.5. The number of nitrogens with one attached hydrogen (secondary N) is 2. The average Bonchev–Trinajstić information content (AvgIpc) is 3.16. The maximum Gasteiger partial charge on any atom is 0.416 e. The number of hydrogen-bond acceptors (Lipinski definition) is 5. The Morgan fingerprint density at radius 3 is 2.56 bits per heavy atom.